The van der Waals surface area contributed by atoms with Gasteiger partial charge in [0.05, 0.1) is 12.0 Å². The highest BCUT2D eigenvalue weighted by atomic mass is 19.3. The Morgan fingerprint density at radius 2 is 2.12 bits per heavy atom. The van der Waals surface area contributed by atoms with Crippen LogP contribution in [0.25, 0.3) is 0 Å². The van der Waals surface area contributed by atoms with E-state index in [0.29, 0.717) is 6.42 Å². The van der Waals surface area contributed by atoms with E-state index in [2.05, 4.69) is 5.32 Å². The van der Waals surface area contributed by atoms with Gasteiger partial charge in [0, 0.05) is 12.5 Å². The van der Waals surface area contributed by atoms with Crippen LogP contribution in [-0.4, -0.2) is 31.1 Å². The summed E-state index contributed by atoms with van der Waals surface area (Å²) in [5.74, 6) is -2.92. The van der Waals surface area contributed by atoms with Crippen LogP contribution < -0.4 is 5.32 Å². The number of rotatable bonds is 2. The first kappa shape index (κ1) is 13.4. The Labute approximate surface area is 94.5 Å². The van der Waals surface area contributed by atoms with Gasteiger partial charge in [-0.3, -0.25) is 4.79 Å². The molecule has 1 atom stereocenters. The summed E-state index contributed by atoms with van der Waals surface area (Å²) in [5.41, 5.74) is -0.543. The molecule has 16 heavy (non-hydrogen) atoms. The number of hydrogen-bond donors (Lipinski definition) is 1. The zero-order chi connectivity index (χ0) is 12.4. The lowest BCUT2D eigenvalue weighted by Crippen LogP contribution is -2.47. The molecular weight excluding hydrogens is 216 g/mol. The monoisotopic (exact) mass is 235 g/mol. The van der Waals surface area contributed by atoms with Gasteiger partial charge in [0.2, 0.25) is 0 Å². The fourth-order valence-corrected chi connectivity index (χ4v) is 1.40. The summed E-state index contributed by atoms with van der Waals surface area (Å²) < 4.78 is 30.7. The molecule has 94 valence electrons. The SMILES string of the molecule is CC(C)(C)C(=O)OC[C@@H]1CCC(F)(F)CN1. The van der Waals surface area contributed by atoms with Crippen molar-refractivity contribution in [3.8, 4) is 0 Å². The first-order chi connectivity index (χ1) is 7.21. The number of ether oxygens (including phenoxy) is 1. The van der Waals surface area contributed by atoms with Gasteiger partial charge in [-0.1, -0.05) is 0 Å². The Hall–Kier alpha value is -0.710. The van der Waals surface area contributed by atoms with Crippen molar-refractivity contribution in [1.82, 2.24) is 5.32 Å². The smallest absolute Gasteiger partial charge is 0.311 e. The maximum Gasteiger partial charge on any atom is 0.311 e. The average molecular weight is 235 g/mol. The molecule has 1 aliphatic rings. The summed E-state index contributed by atoms with van der Waals surface area (Å²) in [7, 11) is 0. The molecule has 1 aliphatic heterocycles. The molecular formula is C11H19F2NO2. The number of nitrogens with one attached hydrogen (secondary N) is 1. The van der Waals surface area contributed by atoms with Gasteiger partial charge in [-0.25, -0.2) is 8.78 Å². The van der Waals surface area contributed by atoms with E-state index in [9.17, 15) is 13.6 Å². The van der Waals surface area contributed by atoms with Gasteiger partial charge >= 0.3 is 5.97 Å². The van der Waals surface area contributed by atoms with Crippen LogP contribution in [0.4, 0.5) is 8.78 Å². The summed E-state index contributed by atoms with van der Waals surface area (Å²) in [6.07, 6.45) is 0.197. The van der Waals surface area contributed by atoms with Crippen LogP contribution in [0.5, 0.6) is 0 Å². The zero-order valence-corrected chi connectivity index (χ0v) is 9.98. The van der Waals surface area contributed by atoms with Gasteiger partial charge in [0.1, 0.15) is 6.61 Å². The van der Waals surface area contributed by atoms with Crippen LogP contribution in [0, 0.1) is 5.41 Å². The van der Waals surface area contributed by atoms with E-state index in [1.807, 2.05) is 0 Å². The summed E-state index contributed by atoms with van der Waals surface area (Å²) >= 11 is 0. The largest absolute Gasteiger partial charge is 0.464 e. The molecule has 0 aliphatic carbocycles. The van der Waals surface area contributed by atoms with E-state index in [4.69, 9.17) is 4.74 Å². The second-order valence-electron chi connectivity index (χ2n) is 5.32. The van der Waals surface area contributed by atoms with Crippen LogP contribution in [0.2, 0.25) is 0 Å². The Bertz CT molecular complexity index is 251. The highest BCUT2D eigenvalue weighted by molar-refractivity contribution is 5.75. The first-order valence-corrected chi connectivity index (χ1v) is 5.49. The third-order valence-electron chi connectivity index (χ3n) is 2.54. The van der Waals surface area contributed by atoms with E-state index in [0.717, 1.165) is 0 Å². The molecule has 0 aromatic heterocycles. The van der Waals surface area contributed by atoms with E-state index < -0.39 is 11.3 Å². The molecule has 3 nitrogen and oxygen atoms in total. The molecule has 0 radical (unpaired) electrons. The number of esters is 1. The number of carbonyl (C=O) groups excluding carboxylic acids is 1. The Morgan fingerprint density at radius 1 is 1.50 bits per heavy atom. The molecule has 1 heterocycles. The molecule has 1 rings (SSSR count). The van der Waals surface area contributed by atoms with Crippen LogP contribution >= 0.6 is 0 Å². The van der Waals surface area contributed by atoms with Crippen molar-refractivity contribution in [1.29, 1.82) is 0 Å². The van der Waals surface area contributed by atoms with Crippen LogP contribution in [0.3, 0.4) is 0 Å². The van der Waals surface area contributed by atoms with Crippen molar-refractivity contribution < 1.29 is 18.3 Å². The van der Waals surface area contributed by atoms with Gasteiger partial charge in [-0.05, 0) is 27.2 Å². The van der Waals surface area contributed by atoms with E-state index in [1.54, 1.807) is 20.8 Å². The Morgan fingerprint density at radius 3 is 2.56 bits per heavy atom. The quantitative estimate of drug-likeness (QED) is 0.744. The third kappa shape index (κ3) is 4.04. The standard InChI is InChI=1S/C11H19F2NO2/c1-10(2,3)9(15)16-6-8-4-5-11(12,13)7-14-8/h8,14H,4-7H2,1-3H3/t8-/m0/s1. The predicted octanol–water partition coefficient (Wildman–Crippen LogP) is 1.96. The summed E-state index contributed by atoms with van der Waals surface area (Å²) in [6, 6.07) is -0.147. The predicted molar refractivity (Wildman–Crippen MR) is 56.4 cm³/mol. The third-order valence-corrected chi connectivity index (χ3v) is 2.54. The number of halogens is 2. The Kier molecular flexibility index (Phi) is 3.88. The minimum Gasteiger partial charge on any atom is -0.464 e. The molecule has 0 aromatic rings. The second kappa shape index (κ2) is 4.65. The maximum atomic E-state index is 12.8. The van der Waals surface area contributed by atoms with Crippen molar-refractivity contribution in [3.63, 3.8) is 0 Å². The normalized spacial score (nSPS) is 25.2. The lowest BCUT2D eigenvalue weighted by molar-refractivity contribution is -0.154. The van der Waals surface area contributed by atoms with E-state index in [1.165, 1.54) is 0 Å². The van der Waals surface area contributed by atoms with Gasteiger partial charge in [0.15, 0.2) is 0 Å². The molecule has 0 aromatic carbocycles. The van der Waals surface area contributed by atoms with Crippen LogP contribution in [0.15, 0.2) is 0 Å². The van der Waals surface area contributed by atoms with Gasteiger partial charge < -0.3 is 10.1 Å². The summed E-state index contributed by atoms with van der Waals surface area (Å²) in [5, 5.41) is 2.69. The lowest BCUT2D eigenvalue weighted by atomic mass is 9.97. The maximum absolute atomic E-state index is 12.8. The van der Waals surface area contributed by atoms with Crippen molar-refractivity contribution in [2.45, 2.75) is 45.6 Å². The minimum absolute atomic E-state index is 0.141. The van der Waals surface area contributed by atoms with Gasteiger partial charge in [0.25, 0.3) is 5.92 Å². The van der Waals surface area contributed by atoms with Crippen LogP contribution in [0.1, 0.15) is 33.6 Å². The van der Waals surface area contributed by atoms with Gasteiger partial charge in [-0.15, -0.1) is 0 Å². The number of piperidine rings is 1. The van der Waals surface area contributed by atoms with Gasteiger partial charge in [-0.2, -0.15) is 0 Å². The second-order valence-corrected chi connectivity index (χ2v) is 5.32. The molecule has 0 amide bonds. The van der Waals surface area contributed by atoms with Crippen molar-refractivity contribution in [2.24, 2.45) is 5.41 Å². The molecule has 0 bridgehead atoms. The highest BCUT2D eigenvalue weighted by Crippen LogP contribution is 2.25. The molecule has 1 saturated heterocycles. The lowest BCUT2D eigenvalue weighted by Gasteiger charge is -2.30. The molecule has 5 heteroatoms. The summed E-state index contributed by atoms with van der Waals surface area (Å²) in [4.78, 5) is 11.4. The molecule has 0 spiro atoms. The highest BCUT2D eigenvalue weighted by Gasteiger charge is 2.35. The topological polar surface area (TPSA) is 38.3 Å². The zero-order valence-electron chi connectivity index (χ0n) is 9.98. The van der Waals surface area contributed by atoms with E-state index >= 15 is 0 Å². The molecule has 0 saturated carbocycles. The minimum atomic E-state index is -2.62. The average Bonchev–Trinajstić information content (AvgIpc) is 2.14. The number of alkyl halides is 2. The fraction of sp³-hybridized carbons (Fsp3) is 0.909. The molecule has 1 N–H and O–H groups in total. The fourth-order valence-electron chi connectivity index (χ4n) is 1.40. The Balaban J connectivity index is 2.28. The molecule has 0 unspecified atom stereocenters. The summed E-state index contributed by atoms with van der Waals surface area (Å²) in [6.45, 7) is 5.13. The van der Waals surface area contributed by atoms with Crippen molar-refractivity contribution in [3.05, 3.63) is 0 Å². The van der Waals surface area contributed by atoms with Crippen LogP contribution in [-0.2, 0) is 9.53 Å². The first-order valence-electron chi connectivity index (χ1n) is 5.49. The van der Waals surface area contributed by atoms with Crippen molar-refractivity contribution >= 4 is 5.97 Å². The number of carbonyl (C=O) groups is 1. The molecule has 1 fully saturated rings. The van der Waals surface area contributed by atoms with E-state index in [-0.39, 0.29) is 31.6 Å². The number of hydrogen-bond acceptors (Lipinski definition) is 3. The van der Waals surface area contributed by atoms with Crippen molar-refractivity contribution in [2.75, 3.05) is 13.2 Å².